The monoisotopic (exact) mass is 1180 g/mol. The Morgan fingerprint density at radius 2 is 1.71 bits per heavy atom. The molecule has 5 aliphatic rings. The minimum atomic E-state index is -0.864. The van der Waals surface area contributed by atoms with Gasteiger partial charge in [0.15, 0.2) is 17.4 Å². The number of halogens is 1. The van der Waals surface area contributed by atoms with Crippen molar-refractivity contribution in [3.63, 3.8) is 0 Å². The molecular weight excluding hydrogens is 1100 g/mol. The van der Waals surface area contributed by atoms with Crippen LogP contribution in [0.5, 0.6) is 11.8 Å². The minimum absolute atomic E-state index is 0.0115. The molecule has 5 fully saturated rings. The van der Waals surface area contributed by atoms with Crippen LogP contribution in [0.25, 0.3) is 43.4 Å². The molecule has 0 radical (unpaired) electrons. The van der Waals surface area contributed by atoms with Crippen LogP contribution in [0.15, 0.2) is 76.9 Å². The van der Waals surface area contributed by atoms with Crippen molar-refractivity contribution in [1.29, 1.82) is 0 Å². The zero-order chi connectivity index (χ0) is 59.1. The maximum absolute atomic E-state index is 17.3. The summed E-state index contributed by atoms with van der Waals surface area (Å²) in [7, 11) is 0. The molecule has 3 aromatic carbocycles. The van der Waals surface area contributed by atoms with Crippen molar-refractivity contribution in [2.75, 3.05) is 75.4 Å². The molecule has 9 heterocycles. The Balaban J connectivity index is 0.665. The number of aromatic hydroxyl groups is 1. The highest BCUT2D eigenvalue weighted by Gasteiger charge is 2.51. The number of likely N-dealkylation sites (tertiary alicyclic amines) is 1. The number of amides is 3. The van der Waals surface area contributed by atoms with Crippen LogP contribution in [-0.4, -0.2) is 157 Å². The van der Waals surface area contributed by atoms with E-state index in [4.69, 9.17) is 28.9 Å². The maximum atomic E-state index is 17.3. The number of fused-ring (bicyclic) bond motifs is 3. The number of aromatic nitrogens is 5. The quantitative estimate of drug-likeness (QED) is 0.0820. The number of pyridine rings is 1. The fourth-order valence-corrected chi connectivity index (χ4v) is 14.6. The molecule has 6 atom stereocenters. The van der Waals surface area contributed by atoms with Gasteiger partial charge < -0.3 is 49.1 Å². The molecule has 21 heteroatoms. The first-order chi connectivity index (χ1) is 41.2. The van der Waals surface area contributed by atoms with Gasteiger partial charge in [-0.1, -0.05) is 81.2 Å². The van der Waals surface area contributed by atoms with Crippen LogP contribution in [0.1, 0.15) is 120 Å². The standard InChI is InChI=1S/C64H76FN11O8S/c1-6-41-13-11-14-44-29-46(77)30-48(54(41)44)56-55(65)57-49(33-66-56)59(73-22-9-7-8-10-23-73)70-62(69-57)83-36-64-20-12-24-76(64)45(19-21-64)35-82-63(81)74-27-25-72(26-28-74)52-32-51(84-71-52)53(38(2)3)61(80)75-34-47(78)31-50(75)60(79)68-39(4)42-15-17-43(18-16-42)58-40(5)67-37-85-58/h11,13-18,29-30,32-33,37-39,45,47,50,53,77-78H,6-10,12,19-28,31,34-36H2,1-5H3,(H,68,79)/t39-,45-,47+,50-,53+,64-/m0/s1. The van der Waals surface area contributed by atoms with Crippen molar-refractivity contribution in [3.8, 4) is 33.5 Å². The number of phenols is 1. The normalized spacial score (nSPS) is 21.9. The topological polar surface area (TPSA) is 216 Å². The smallest absolute Gasteiger partial charge is 0.409 e. The summed E-state index contributed by atoms with van der Waals surface area (Å²) in [6.07, 6.45) is 8.95. The molecular formula is C64H76FN11O8S. The van der Waals surface area contributed by atoms with Gasteiger partial charge in [0, 0.05) is 76.1 Å². The van der Waals surface area contributed by atoms with E-state index >= 15 is 4.39 Å². The first-order valence-corrected chi connectivity index (χ1v) is 31.2. The Morgan fingerprint density at radius 1 is 0.918 bits per heavy atom. The second kappa shape index (κ2) is 24.5. The molecule has 0 unspecified atom stereocenters. The maximum Gasteiger partial charge on any atom is 0.409 e. The highest BCUT2D eigenvalue weighted by atomic mass is 32.1. The van der Waals surface area contributed by atoms with Gasteiger partial charge in [0.1, 0.15) is 48.0 Å². The average Bonchev–Trinajstić information content (AvgIpc) is 2.80. The summed E-state index contributed by atoms with van der Waals surface area (Å²) in [6, 6.07) is 17.8. The lowest BCUT2D eigenvalue weighted by atomic mass is 9.91. The number of anilines is 2. The summed E-state index contributed by atoms with van der Waals surface area (Å²) in [5.41, 5.74) is 6.19. The summed E-state index contributed by atoms with van der Waals surface area (Å²) in [5.74, 6) is -0.660. The second-order valence-corrected chi connectivity index (χ2v) is 25.0. The van der Waals surface area contributed by atoms with Gasteiger partial charge in [-0.3, -0.25) is 19.5 Å². The van der Waals surface area contributed by atoms with Crippen LogP contribution < -0.4 is 19.9 Å². The lowest BCUT2D eigenvalue weighted by molar-refractivity contribution is -0.141. The largest absolute Gasteiger partial charge is 0.508 e. The van der Waals surface area contributed by atoms with Gasteiger partial charge >= 0.3 is 12.1 Å². The lowest BCUT2D eigenvalue weighted by Crippen LogP contribution is -2.50. The Bertz CT molecular complexity index is 3580. The third-order valence-corrected chi connectivity index (χ3v) is 19.4. The number of thiazole rings is 1. The molecule has 448 valence electrons. The molecule has 5 saturated heterocycles. The van der Waals surface area contributed by atoms with Crippen molar-refractivity contribution >= 4 is 62.6 Å². The number of aryl methyl sites for hydroxylation is 2. The van der Waals surface area contributed by atoms with E-state index in [0.717, 1.165) is 115 Å². The molecule has 3 amide bonds. The molecule has 3 N–H and O–H groups in total. The number of rotatable bonds is 16. The highest BCUT2D eigenvalue weighted by molar-refractivity contribution is 7.13. The fraction of sp³-hybridized carbons (Fsp3) is 0.500. The number of benzene rings is 3. The van der Waals surface area contributed by atoms with Crippen LogP contribution in [-0.2, 0) is 20.7 Å². The van der Waals surface area contributed by atoms with Crippen LogP contribution >= 0.6 is 11.3 Å². The predicted octanol–water partition coefficient (Wildman–Crippen LogP) is 9.97. The number of ether oxygens (including phenoxy) is 2. The minimum Gasteiger partial charge on any atom is -0.508 e. The van der Waals surface area contributed by atoms with Crippen LogP contribution in [0.4, 0.5) is 20.8 Å². The van der Waals surface area contributed by atoms with Crippen LogP contribution in [0, 0.1) is 18.7 Å². The van der Waals surface area contributed by atoms with Gasteiger partial charge in [0.25, 0.3) is 0 Å². The van der Waals surface area contributed by atoms with E-state index in [-0.39, 0.29) is 84.0 Å². The molecule has 0 spiro atoms. The van der Waals surface area contributed by atoms with Gasteiger partial charge in [-0.2, -0.15) is 9.97 Å². The SMILES string of the molecule is CCc1cccc2cc(O)cc(-c3ncc4c(N5CCCCCC5)nc(OC[C@@]56CCCN5[C@H](COC(=O)N5CCN(c7cc([C@H](C(=O)N8C[C@H](O)C[C@H]8C(=O)N[C@@H](C)c8ccc(-c9scnc9C)cc8)C(C)C)on7)CC5)CC6)nc4c3F)c12. The predicted molar refractivity (Wildman–Crippen MR) is 323 cm³/mol. The van der Waals surface area contributed by atoms with Gasteiger partial charge in [-0.05, 0) is 111 Å². The molecule has 85 heavy (non-hydrogen) atoms. The van der Waals surface area contributed by atoms with Gasteiger partial charge in [-0.15, -0.1) is 11.3 Å². The number of nitrogens with one attached hydrogen (secondary N) is 1. The van der Waals surface area contributed by atoms with E-state index in [1.165, 1.54) is 4.90 Å². The average molecular weight is 1180 g/mol. The van der Waals surface area contributed by atoms with Crippen molar-refractivity contribution in [3.05, 3.63) is 101 Å². The number of aliphatic hydroxyl groups excluding tert-OH is 1. The second-order valence-electron chi connectivity index (χ2n) is 24.2. The van der Waals surface area contributed by atoms with Crippen molar-refractivity contribution in [1.82, 2.24) is 45.1 Å². The zero-order valence-electron chi connectivity index (χ0n) is 49.1. The van der Waals surface area contributed by atoms with E-state index in [2.05, 4.69) is 32.2 Å². The van der Waals surface area contributed by atoms with Crippen molar-refractivity contribution < 1.29 is 43.0 Å². The van der Waals surface area contributed by atoms with Crippen LogP contribution in [0.2, 0.25) is 0 Å². The Hall–Kier alpha value is -7.49. The third kappa shape index (κ3) is 11.6. The van der Waals surface area contributed by atoms with Gasteiger partial charge in [-0.25, -0.2) is 14.2 Å². The summed E-state index contributed by atoms with van der Waals surface area (Å²) >= 11 is 1.58. The first-order valence-electron chi connectivity index (χ1n) is 30.3. The van der Waals surface area contributed by atoms with Gasteiger partial charge in [0.2, 0.25) is 11.8 Å². The van der Waals surface area contributed by atoms with E-state index in [1.807, 2.05) is 80.6 Å². The highest BCUT2D eigenvalue weighted by Crippen LogP contribution is 2.44. The van der Waals surface area contributed by atoms with E-state index in [1.54, 1.807) is 40.6 Å². The lowest BCUT2D eigenvalue weighted by Gasteiger charge is -2.36. The van der Waals surface area contributed by atoms with E-state index < -0.39 is 23.9 Å². The fourth-order valence-electron chi connectivity index (χ4n) is 13.8. The Morgan fingerprint density at radius 3 is 2.45 bits per heavy atom. The Labute approximate surface area is 498 Å². The number of carbonyl (C=O) groups is 3. The molecule has 7 aromatic rings. The molecule has 12 rings (SSSR count). The summed E-state index contributed by atoms with van der Waals surface area (Å²) in [4.78, 5) is 71.9. The van der Waals surface area contributed by atoms with Gasteiger partial charge in [0.05, 0.1) is 39.2 Å². The van der Waals surface area contributed by atoms with E-state index in [9.17, 15) is 24.6 Å². The molecule has 0 bridgehead atoms. The van der Waals surface area contributed by atoms with E-state index in [0.29, 0.717) is 61.1 Å². The number of β-amino-alcohol motifs (C(OH)–C–C–N with tert-alkyl or cyclic N) is 1. The summed E-state index contributed by atoms with van der Waals surface area (Å²) in [5, 5.41) is 31.3. The number of carbonyl (C=O) groups excluding carboxylic acids is 3. The number of hydrogen-bond acceptors (Lipinski definition) is 17. The number of phenolic OH excluding ortho intramolecular Hbond substituents is 1. The number of piperazine rings is 1. The molecule has 19 nitrogen and oxygen atoms in total. The molecule has 4 aromatic heterocycles. The first kappa shape index (κ1) is 57.9. The number of hydrogen-bond donors (Lipinski definition) is 3. The number of aliphatic hydroxyl groups is 1. The van der Waals surface area contributed by atoms with Crippen LogP contribution in [0.3, 0.4) is 0 Å². The zero-order valence-corrected chi connectivity index (χ0v) is 50.0. The Kier molecular flexibility index (Phi) is 16.7. The molecule has 0 aliphatic carbocycles. The summed E-state index contributed by atoms with van der Waals surface area (Å²) in [6.45, 7) is 14.4. The number of nitrogens with zero attached hydrogens (tertiary/aromatic N) is 10. The molecule has 0 saturated carbocycles. The van der Waals surface area contributed by atoms with Crippen molar-refractivity contribution in [2.45, 2.75) is 135 Å². The third-order valence-electron chi connectivity index (χ3n) is 18.4. The van der Waals surface area contributed by atoms with Crippen molar-refractivity contribution in [2.24, 2.45) is 5.92 Å². The molecule has 5 aliphatic heterocycles. The summed E-state index contributed by atoms with van der Waals surface area (Å²) < 4.78 is 35.9.